The van der Waals surface area contributed by atoms with Crippen LogP contribution in [0.5, 0.6) is 5.75 Å². The molecule has 13 heteroatoms. The Morgan fingerprint density at radius 2 is 1.89 bits per heavy atom. The highest BCUT2D eigenvalue weighted by molar-refractivity contribution is 7.10. The van der Waals surface area contributed by atoms with Gasteiger partial charge in [-0.1, -0.05) is 31.4 Å². The minimum atomic E-state index is -1.22. The molecule has 2 heterocycles. The maximum Gasteiger partial charge on any atom is 0.407 e. The minimum Gasteiger partial charge on any atom is -0.491 e. The van der Waals surface area contributed by atoms with Crippen LogP contribution in [0.2, 0.25) is 0 Å². The van der Waals surface area contributed by atoms with Crippen LogP contribution in [0.4, 0.5) is 4.79 Å². The van der Waals surface area contributed by atoms with Crippen molar-refractivity contribution in [3.05, 3.63) is 45.9 Å². The largest absolute Gasteiger partial charge is 0.491 e. The second-order valence-electron chi connectivity index (χ2n) is 11.3. The monoisotopic (exact) mass is 630 g/mol. The van der Waals surface area contributed by atoms with Crippen LogP contribution in [-0.2, 0) is 14.3 Å². The highest BCUT2D eigenvalue weighted by Crippen LogP contribution is 2.36. The number of aliphatic hydroxyl groups is 1. The fraction of sp³-hybridized carbons (Fsp3) is 0.581. The number of amides is 3. The quantitative estimate of drug-likeness (QED) is 0.210. The third-order valence-electron chi connectivity index (χ3n) is 8.35. The summed E-state index contributed by atoms with van der Waals surface area (Å²) in [5.74, 6) is -0.456. The molecule has 2 aliphatic rings. The number of ketones is 1. The van der Waals surface area contributed by atoms with Crippen LogP contribution >= 0.6 is 11.3 Å². The molecule has 240 valence electrons. The normalized spacial score (nSPS) is 18.4. The van der Waals surface area contributed by atoms with Crippen LogP contribution in [0.3, 0.4) is 0 Å². The number of hydrogen-bond acceptors (Lipinski definition) is 9. The van der Waals surface area contributed by atoms with E-state index in [4.69, 9.17) is 14.6 Å². The van der Waals surface area contributed by atoms with Gasteiger partial charge in [0, 0.05) is 24.5 Å². The first-order valence-corrected chi connectivity index (χ1v) is 16.1. The summed E-state index contributed by atoms with van der Waals surface area (Å²) < 4.78 is 10.9. The van der Waals surface area contributed by atoms with Crippen LogP contribution in [0, 0.1) is 5.92 Å². The van der Waals surface area contributed by atoms with E-state index in [1.54, 1.807) is 34.5 Å². The van der Waals surface area contributed by atoms with Gasteiger partial charge in [-0.3, -0.25) is 19.3 Å². The molecule has 1 aliphatic carbocycles. The second kappa shape index (κ2) is 16.0. The van der Waals surface area contributed by atoms with E-state index in [9.17, 15) is 24.3 Å². The number of aliphatic hydroxyl groups excluding tert-OH is 1. The van der Waals surface area contributed by atoms with Crippen molar-refractivity contribution in [3.63, 3.8) is 0 Å². The molecule has 2 unspecified atom stereocenters. The predicted octanol–water partition coefficient (Wildman–Crippen LogP) is 3.49. The number of likely N-dealkylation sites (N-methyl/N-ethyl adjacent to an activating group) is 1. The number of nitrogens with one attached hydrogen (secondary N) is 1. The molecule has 1 aromatic heterocycles. The maximum absolute atomic E-state index is 14.1. The fourth-order valence-electron chi connectivity index (χ4n) is 5.74. The fourth-order valence-corrected chi connectivity index (χ4v) is 6.68. The number of carboxylic acid groups (broad SMARTS) is 1. The first-order valence-electron chi connectivity index (χ1n) is 15.2. The number of hydrogen-bond donors (Lipinski definition) is 3. The van der Waals surface area contributed by atoms with Crippen molar-refractivity contribution in [2.75, 3.05) is 40.0 Å². The van der Waals surface area contributed by atoms with Gasteiger partial charge >= 0.3 is 6.09 Å². The SMILES string of the molecule is CC(C(=O)NC(C(=O)N1CCC[C@H]1c1nc(C(=O)c2cccc(OCCOCCO)c2)cs1)C1CCCCC1)N(C)C(=O)O. The van der Waals surface area contributed by atoms with Gasteiger partial charge < -0.3 is 29.9 Å². The van der Waals surface area contributed by atoms with Crippen molar-refractivity contribution < 1.29 is 38.9 Å². The Labute approximate surface area is 261 Å². The molecule has 1 saturated heterocycles. The molecule has 3 N–H and O–H groups in total. The first-order chi connectivity index (χ1) is 21.2. The molecule has 0 spiro atoms. The summed E-state index contributed by atoms with van der Waals surface area (Å²) in [5, 5.41) is 23.4. The molecule has 1 aliphatic heterocycles. The Morgan fingerprint density at radius 1 is 1.11 bits per heavy atom. The van der Waals surface area contributed by atoms with Gasteiger partial charge in [-0.05, 0) is 50.7 Å². The molecule has 3 amide bonds. The summed E-state index contributed by atoms with van der Waals surface area (Å²) in [6.07, 6.45) is 4.90. The summed E-state index contributed by atoms with van der Waals surface area (Å²) in [5.41, 5.74) is 0.714. The van der Waals surface area contributed by atoms with Gasteiger partial charge in [-0.2, -0.15) is 0 Å². The van der Waals surface area contributed by atoms with Crippen LogP contribution in [-0.4, -0.2) is 101 Å². The minimum absolute atomic E-state index is 0.0343. The van der Waals surface area contributed by atoms with E-state index in [0.29, 0.717) is 35.9 Å². The lowest BCUT2D eigenvalue weighted by Crippen LogP contribution is -2.56. The molecular weight excluding hydrogens is 588 g/mol. The van der Waals surface area contributed by atoms with Crippen molar-refractivity contribution in [2.45, 2.75) is 70.0 Å². The van der Waals surface area contributed by atoms with E-state index >= 15 is 0 Å². The Hall–Kier alpha value is -3.55. The number of rotatable bonds is 14. The Bertz CT molecular complexity index is 1300. The second-order valence-corrected chi connectivity index (χ2v) is 12.1. The molecule has 0 radical (unpaired) electrons. The van der Waals surface area contributed by atoms with Gasteiger partial charge in [0.15, 0.2) is 0 Å². The Morgan fingerprint density at radius 3 is 2.61 bits per heavy atom. The van der Waals surface area contributed by atoms with Crippen LogP contribution in [0.1, 0.15) is 79.0 Å². The van der Waals surface area contributed by atoms with Gasteiger partial charge in [-0.15, -0.1) is 11.3 Å². The van der Waals surface area contributed by atoms with Crippen molar-refractivity contribution in [3.8, 4) is 5.75 Å². The standard InChI is InChI=1S/C31H42N4O8S/c1-20(34(2)31(40)41)28(38)33-26(21-8-4-3-5-9-21)30(39)35-13-7-12-25(35)29-32-24(19-44-29)27(37)22-10-6-11-23(18-22)43-17-16-42-15-14-36/h6,10-11,18-21,25-26,36H,3-5,7-9,12-17H2,1-2H3,(H,33,38)(H,40,41)/t20?,25-,26?/m0/s1. The number of ether oxygens (including phenoxy) is 2. The van der Waals surface area contributed by atoms with E-state index in [2.05, 4.69) is 10.3 Å². The zero-order valence-electron chi connectivity index (χ0n) is 25.3. The van der Waals surface area contributed by atoms with E-state index in [1.165, 1.54) is 25.3 Å². The van der Waals surface area contributed by atoms with Crippen molar-refractivity contribution >= 4 is 35.0 Å². The number of aromatic nitrogens is 1. The van der Waals surface area contributed by atoms with E-state index < -0.39 is 24.1 Å². The molecule has 1 saturated carbocycles. The van der Waals surface area contributed by atoms with Gasteiger partial charge in [0.2, 0.25) is 17.6 Å². The first kappa shape index (κ1) is 33.3. The highest BCUT2D eigenvalue weighted by atomic mass is 32.1. The molecule has 0 bridgehead atoms. The van der Waals surface area contributed by atoms with Gasteiger partial charge in [0.05, 0.1) is 25.9 Å². The van der Waals surface area contributed by atoms with Gasteiger partial charge in [0.1, 0.15) is 35.1 Å². The molecule has 1 aromatic carbocycles. The molecule has 44 heavy (non-hydrogen) atoms. The molecule has 2 aromatic rings. The zero-order valence-corrected chi connectivity index (χ0v) is 26.1. The number of carbonyl (C=O) groups excluding carboxylic acids is 3. The number of thiazole rings is 1. The summed E-state index contributed by atoms with van der Waals surface area (Å²) in [6, 6.07) is 4.81. The lowest BCUT2D eigenvalue weighted by Gasteiger charge is -2.35. The topological polar surface area (TPSA) is 159 Å². The molecule has 3 atom stereocenters. The maximum atomic E-state index is 14.1. The summed E-state index contributed by atoms with van der Waals surface area (Å²) in [7, 11) is 1.33. The van der Waals surface area contributed by atoms with Gasteiger partial charge in [0.25, 0.3) is 0 Å². The third kappa shape index (κ3) is 8.33. The highest BCUT2D eigenvalue weighted by Gasteiger charge is 2.40. The van der Waals surface area contributed by atoms with Crippen LogP contribution < -0.4 is 10.1 Å². The lowest BCUT2D eigenvalue weighted by molar-refractivity contribution is -0.140. The van der Waals surface area contributed by atoms with Crippen molar-refractivity contribution in [1.82, 2.24) is 20.1 Å². The van der Waals surface area contributed by atoms with Crippen LogP contribution in [0.15, 0.2) is 29.6 Å². The predicted molar refractivity (Wildman–Crippen MR) is 163 cm³/mol. The molecule has 4 rings (SSSR count). The number of likely N-dealkylation sites (tertiary alicyclic amines) is 1. The van der Waals surface area contributed by atoms with Crippen molar-refractivity contribution in [2.24, 2.45) is 5.92 Å². The summed E-state index contributed by atoms with van der Waals surface area (Å²) >= 11 is 1.34. The van der Waals surface area contributed by atoms with E-state index in [-0.39, 0.29) is 49.2 Å². The molecule has 2 fully saturated rings. The number of carbonyl (C=O) groups is 4. The summed E-state index contributed by atoms with van der Waals surface area (Å²) in [4.78, 5) is 59.3. The Kier molecular flexibility index (Phi) is 12.1. The van der Waals surface area contributed by atoms with Gasteiger partial charge in [-0.25, -0.2) is 9.78 Å². The van der Waals surface area contributed by atoms with Crippen molar-refractivity contribution in [1.29, 1.82) is 0 Å². The Balaban J connectivity index is 1.47. The van der Waals surface area contributed by atoms with E-state index in [0.717, 1.165) is 43.4 Å². The molecule has 12 nitrogen and oxygen atoms in total. The average Bonchev–Trinajstić information content (AvgIpc) is 3.73. The molecular formula is C31H42N4O8S. The third-order valence-corrected chi connectivity index (χ3v) is 9.30. The average molecular weight is 631 g/mol. The summed E-state index contributed by atoms with van der Waals surface area (Å²) in [6.45, 7) is 2.79. The number of benzene rings is 1. The lowest BCUT2D eigenvalue weighted by atomic mass is 9.83. The van der Waals surface area contributed by atoms with E-state index in [1.807, 2.05) is 0 Å². The van der Waals surface area contributed by atoms with Crippen LogP contribution in [0.25, 0.3) is 0 Å². The zero-order chi connectivity index (χ0) is 31.6. The number of nitrogens with zero attached hydrogens (tertiary/aromatic N) is 3. The smallest absolute Gasteiger partial charge is 0.407 e.